The number of methoxy groups -OCH3 is 1. The van der Waals surface area contributed by atoms with Gasteiger partial charge < -0.3 is 14.5 Å². The van der Waals surface area contributed by atoms with Crippen LogP contribution in [-0.2, 0) is 10.0 Å². The lowest BCUT2D eigenvalue weighted by Gasteiger charge is -2.36. The Hall–Kier alpha value is -3.84. The molecule has 13 heteroatoms. The molecular formula is C20H21N7O5S. The topological polar surface area (TPSA) is 158 Å². The third kappa shape index (κ3) is 4.54. The number of primary sulfonamides is 1. The van der Waals surface area contributed by atoms with E-state index in [-0.39, 0.29) is 27.6 Å². The maximum absolute atomic E-state index is 12.3. The molecule has 0 unspecified atom stereocenters. The molecule has 0 bridgehead atoms. The van der Waals surface area contributed by atoms with Gasteiger partial charge in [0.15, 0.2) is 0 Å². The van der Waals surface area contributed by atoms with Crippen LogP contribution in [0.4, 0.5) is 17.3 Å². The number of nitrogens with zero attached hydrogens (tertiary/aromatic N) is 6. The lowest BCUT2D eigenvalue weighted by molar-refractivity contribution is -0.383. The van der Waals surface area contributed by atoms with Crippen LogP contribution in [0.2, 0.25) is 0 Å². The van der Waals surface area contributed by atoms with Gasteiger partial charge in [0, 0.05) is 56.4 Å². The summed E-state index contributed by atoms with van der Waals surface area (Å²) in [6, 6.07) is 7.46. The summed E-state index contributed by atoms with van der Waals surface area (Å²) in [5.41, 5.74) is 0.0819. The number of pyridine rings is 1. The summed E-state index contributed by atoms with van der Waals surface area (Å²) in [4.78, 5) is 27.7. The van der Waals surface area contributed by atoms with Gasteiger partial charge in [-0.1, -0.05) is 0 Å². The van der Waals surface area contributed by atoms with Crippen LogP contribution in [0.1, 0.15) is 0 Å². The standard InChI is InChI=1S/C20H21N7O5S/c1-32-17-6-3-14(13-24-17)18-16(33(21,30)31)5-4-15(19(18)27(28)29)25-9-11-26(12-10-25)20-22-7-2-8-23-20/h2-8,13H,9-12H2,1H3,(H2,21,30,31). The highest BCUT2D eigenvalue weighted by Crippen LogP contribution is 2.42. The average molecular weight is 471 g/mol. The number of aromatic nitrogens is 3. The molecule has 1 saturated heterocycles. The maximum atomic E-state index is 12.3. The van der Waals surface area contributed by atoms with Crippen LogP contribution in [0.25, 0.3) is 11.1 Å². The van der Waals surface area contributed by atoms with Crippen LogP contribution in [0.5, 0.6) is 5.88 Å². The van der Waals surface area contributed by atoms with Crippen molar-refractivity contribution >= 4 is 27.3 Å². The summed E-state index contributed by atoms with van der Waals surface area (Å²) in [6.07, 6.45) is 4.63. The SMILES string of the molecule is COc1ccc(-c2c(S(N)(=O)=O)ccc(N3CCN(c4ncccn4)CC3)c2[N+](=O)[O-])cn1. The first kappa shape index (κ1) is 22.4. The molecule has 1 fully saturated rings. The molecule has 33 heavy (non-hydrogen) atoms. The zero-order valence-corrected chi connectivity index (χ0v) is 18.5. The average Bonchev–Trinajstić information content (AvgIpc) is 2.83. The molecule has 0 spiro atoms. The van der Waals surface area contributed by atoms with Crippen molar-refractivity contribution in [3.05, 3.63) is 59.0 Å². The molecule has 0 saturated carbocycles. The second-order valence-electron chi connectivity index (χ2n) is 7.22. The second-order valence-corrected chi connectivity index (χ2v) is 8.75. The van der Waals surface area contributed by atoms with E-state index in [0.717, 1.165) is 0 Å². The van der Waals surface area contributed by atoms with Crippen molar-refractivity contribution in [2.24, 2.45) is 5.14 Å². The lowest BCUT2D eigenvalue weighted by Crippen LogP contribution is -2.47. The Kier molecular flexibility index (Phi) is 6.07. The van der Waals surface area contributed by atoms with Gasteiger partial charge in [-0.3, -0.25) is 10.1 Å². The summed E-state index contributed by atoms with van der Waals surface area (Å²) in [5, 5.41) is 17.6. The number of benzene rings is 1. The molecule has 3 heterocycles. The first-order valence-electron chi connectivity index (χ1n) is 9.91. The van der Waals surface area contributed by atoms with Gasteiger partial charge in [-0.15, -0.1) is 0 Å². The molecule has 0 aliphatic carbocycles. The van der Waals surface area contributed by atoms with Gasteiger partial charge in [-0.25, -0.2) is 28.5 Å². The van der Waals surface area contributed by atoms with Gasteiger partial charge in [-0.05, 0) is 24.3 Å². The molecular weight excluding hydrogens is 450 g/mol. The third-order valence-electron chi connectivity index (χ3n) is 5.30. The first-order valence-corrected chi connectivity index (χ1v) is 11.5. The van der Waals surface area contributed by atoms with E-state index >= 15 is 0 Å². The van der Waals surface area contributed by atoms with Crippen LogP contribution >= 0.6 is 0 Å². The van der Waals surface area contributed by atoms with E-state index in [1.54, 1.807) is 18.5 Å². The minimum Gasteiger partial charge on any atom is -0.481 e. The zero-order valence-electron chi connectivity index (χ0n) is 17.7. The molecule has 4 rings (SSSR count). The molecule has 0 amide bonds. The fraction of sp³-hybridized carbons (Fsp3) is 0.250. The van der Waals surface area contributed by atoms with E-state index in [1.807, 2.05) is 9.80 Å². The number of nitro groups is 1. The van der Waals surface area contributed by atoms with E-state index in [0.29, 0.717) is 37.8 Å². The highest BCUT2D eigenvalue weighted by molar-refractivity contribution is 7.89. The van der Waals surface area contributed by atoms with E-state index in [9.17, 15) is 18.5 Å². The maximum Gasteiger partial charge on any atom is 0.301 e. The summed E-state index contributed by atoms with van der Waals surface area (Å²) in [7, 11) is -2.82. The highest BCUT2D eigenvalue weighted by Gasteiger charge is 2.32. The number of piperazine rings is 1. The molecule has 0 radical (unpaired) electrons. The Morgan fingerprint density at radius 2 is 1.70 bits per heavy atom. The fourth-order valence-corrected chi connectivity index (χ4v) is 4.53. The van der Waals surface area contributed by atoms with E-state index in [4.69, 9.17) is 9.88 Å². The summed E-state index contributed by atoms with van der Waals surface area (Å²) in [6.45, 7) is 1.98. The van der Waals surface area contributed by atoms with Crippen molar-refractivity contribution in [1.29, 1.82) is 0 Å². The highest BCUT2D eigenvalue weighted by atomic mass is 32.2. The summed E-state index contributed by atoms with van der Waals surface area (Å²) >= 11 is 0. The molecule has 172 valence electrons. The number of hydrogen-bond donors (Lipinski definition) is 1. The van der Waals surface area contributed by atoms with E-state index < -0.39 is 14.9 Å². The van der Waals surface area contributed by atoms with Crippen molar-refractivity contribution in [1.82, 2.24) is 15.0 Å². The van der Waals surface area contributed by atoms with Crippen molar-refractivity contribution < 1.29 is 18.1 Å². The minimum atomic E-state index is -4.25. The van der Waals surface area contributed by atoms with Crippen molar-refractivity contribution in [2.75, 3.05) is 43.1 Å². The van der Waals surface area contributed by atoms with Crippen molar-refractivity contribution in [2.45, 2.75) is 4.90 Å². The minimum absolute atomic E-state index is 0.107. The van der Waals surface area contributed by atoms with Crippen molar-refractivity contribution in [3.8, 4) is 17.0 Å². The Morgan fingerprint density at radius 1 is 1.03 bits per heavy atom. The van der Waals surface area contributed by atoms with Crippen LogP contribution in [0, 0.1) is 10.1 Å². The largest absolute Gasteiger partial charge is 0.481 e. The predicted octanol–water partition coefficient (Wildman–Crippen LogP) is 1.43. The van der Waals surface area contributed by atoms with Gasteiger partial charge in [0.2, 0.25) is 21.9 Å². The number of anilines is 2. The number of ether oxygens (including phenoxy) is 1. The third-order valence-corrected chi connectivity index (χ3v) is 6.25. The monoisotopic (exact) mass is 471 g/mol. The molecule has 1 aromatic carbocycles. The number of nitro benzene ring substituents is 1. The van der Waals surface area contributed by atoms with Gasteiger partial charge in [-0.2, -0.15) is 0 Å². The number of rotatable bonds is 6. The second kappa shape index (κ2) is 8.96. The van der Waals surface area contributed by atoms with Crippen molar-refractivity contribution in [3.63, 3.8) is 0 Å². The van der Waals surface area contributed by atoms with Crippen LogP contribution in [0.3, 0.4) is 0 Å². The molecule has 1 aliphatic heterocycles. The van der Waals surface area contributed by atoms with Crippen LogP contribution < -0.4 is 19.7 Å². The number of sulfonamides is 1. The molecule has 1 aliphatic rings. The molecule has 2 N–H and O–H groups in total. The summed E-state index contributed by atoms with van der Waals surface area (Å²) in [5.74, 6) is 0.871. The Labute approximate surface area is 189 Å². The molecule has 0 atom stereocenters. The quantitative estimate of drug-likeness (QED) is 0.412. The Bertz CT molecular complexity index is 1260. The van der Waals surface area contributed by atoms with Gasteiger partial charge >= 0.3 is 5.69 Å². The molecule has 2 aromatic heterocycles. The Morgan fingerprint density at radius 3 is 2.24 bits per heavy atom. The number of nitrogens with two attached hydrogens (primary N) is 1. The molecule has 3 aromatic rings. The molecule has 12 nitrogen and oxygen atoms in total. The van der Waals surface area contributed by atoms with Crippen LogP contribution in [0.15, 0.2) is 53.8 Å². The van der Waals surface area contributed by atoms with Gasteiger partial charge in [0.1, 0.15) is 5.69 Å². The normalized spacial score (nSPS) is 14.2. The summed E-state index contributed by atoms with van der Waals surface area (Å²) < 4.78 is 29.6. The van der Waals surface area contributed by atoms with Crippen LogP contribution in [-0.4, -0.2) is 61.6 Å². The van der Waals surface area contributed by atoms with Gasteiger partial charge in [0.05, 0.1) is 22.5 Å². The number of hydrogen-bond acceptors (Lipinski definition) is 10. The smallest absolute Gasteiger partial charge is 0.301 e. The van der Waals surface area contributed by atoms with Gasteiger partial charge in [0.25, 0.3) is 0 Å². The lowest BCUT2D eigenvalue weighted by atomic mass is 10.0. The first-order chi connectivity index (χ1) is 15.8. The fourth-order valence-electron chi connectivity index (χ4n) is 3.77. The predicted molar refractivity (Wildman–Crippen MR) is 121 cm³/mol. The van der Waals surface area contributed by atoms with E-state index in [1.165, 1.54) is 37.6 Å². The van der Waals surface area contributed by atoms with E-state index in [2.05, 4.69) is 15.0 Å². The zero-order chi connectivity index (χ0) is 23.6. The Balaban J connectivity index is 1.77.